The maximum atomic E-state index is 13.8. The molecular weight excluding hydrogens is 426 g/mol. The number of nitrogens with one attached hydrogen (secondary N) is 1. The number of nitrogens with zero attached hydrogens (tertiary/aromatic N) is 4. The fourth-order valence-corrected chi connectivity index (χ4v) is 5.94. The van der Waals surface area contributed by atoms with E-state index in [0.717, 1.165) is 64.6 Å². The molecule has 1 N–H and O–H groups in total. The molecule has 1 aromatic rings. The van der Waals surface area contributed by atoms with Gasteiger partial charge in [0.05, 0.1) is 6.54 Å². The first-order valence-corrected chi connectivity index (χ1v) is 11.8. The van der Waals surface area contributed by atoms with E-state index in [1.807, 2.05) is 0 Å². The van der Waals surface area contributed by atoms with Crippen LogP contribution >= 0.6 is 0 Å². The zero-order chi connectivity index (χ0) is 22.3. The Balaban J connectivity index is 1.20. The van der Waals surface area contributed by atoms with Crippen molar-refractivity contribution in [3.63, 3.8) is 0 Å². The van der Waals surface area contributed by atoms with Crippen molar-refractivity contribution in [3.8, 4) is 0 Å². The van der Waals surface area contributed by atoms with Gasteiger partial charge in [-0.1, -0.05) is 0 Å². The van der Waals surface area contributed by atoms with Crippen molar-refractivity contribution in [2.24, 2.45) is 17.8 Å². The number of anilines is 2. The second-order valence-corrected chi connectivity index (χ2v) is 9.90. The molecule has 0 amide bonds. The molecular formula is C22H31F4N5O. The summed E-state index contributed by atoms with van der Waals surface area (Å²) in [6.07, 6.45) is -1.33. The highest BCUT2D eigenvalue weighted by Crippen LogP contribution is 2.42. The van der Waals surface area contributed by atoms with Gasteiger partial charge in [0, 0.05) is 45.4 Å². The average molecular weight is 458 g/mol. The summed E-state index contributed by atoms with van der Waals surface area (Å²) < 4.78 is 60.2. The summed E-state index contributed by atoms with van der Waals surface area (Å²) in [5, 5.41) is 10.9. The molecule has 0 bridgehead atoms. The predicted octanol–water partition coefficient (Wildman–Crippen LogP) is 3.59. The highest BCUT2D eigenvalue weighted by atomic mass is 19.4. The molecule has 0 radical (unpaired) electrons. The zero-order valence-corrected chi connectivity index (χ0v) is 18.2. The van der Waals surface area contributed by atoms with Crippen LogP contribution in [-0.4, -0.2) is 73.2 Å². The van der Waals surface area contributed by atoms with E-state index in [2.05, 4.69) is 20.4 Å². The molecule has 3 saturated heterocycles. The predicted molar refractivity (Wildman–Crippen MR) is 112 cm³/mol. The van der Waals surface area contributed by atoms with Crippen LogP contribution in [0.4, 0.5) is 29.2 Å². The van der Waals surface area contributed by atoms with Gasteiger partial charge in [-0.2, -0.15) is 13.2 Å². The molecule has 4 fully saturated rings. The number of fused-ring (bicyclic) bond motifs is 1. The van der Waals surface area contributed by atoms with Gasteiger partial charge in [0.1, 0.15) is 11.7 Å². The number of halogens is 4. The van der Waals surface area contributed by atoms with Gasteiger partial charge in [0.15, 0.2) is 11.6 Å². The molecule has 1 aliphatic carbocycles. The third-order valence-corrected chi connectivity index (χ3v) is 7.57. The van der Waals surface area contributed by atoms with Gasteiger partial charge in [-0.15, -0.1) is 10.2 Å². The van der Waals surface area contributed by atoms with Gasteiger partial charge in [0.2, 0.25) is 0 Å². The van der Waals surface area contributed by atoms with Crippen LogP contribution in [0.2, 0.25) is 0 Å². The van der Waals surface area contributed by atoms with E-state index >= 15 is 0 Å². The Morgan fingerprint density at radius 1 is 1.03 bits per heavy atom. The van der Waals surface area contributed by atoms with Crippen LogP contribution in [0.3, 0.4) is 0 Å². The van der Waals surface area contributed by atoms with Crippen molar-refractivity contribution in [2.75, 3.05) is 56.2 Å². The lowest BCUT2D eigenvalue weighted by Gasteiger charge is -2.28. The molecule has 0 spiro atoms. The number of rotatable bonds is 5. The van der Waals surface area contributed by atoms with E-state index < -0.39 is 17.9 Å². The summed E-state index contributed by atoms with van der Waals surface area (Å²) in [5.41, 5.74) is -0.817. The third-order valence-electron chi connectivity index (χ3n) is 7.57. The van der Waals surface area contributed by atoms with Crippen molar-refractivity contribution >= 4 is 11.6 Å². The molecule has 0 unspecified atom stereocenters. The Bertz CT molecular complexity index is 789. The SMILES string of the molecule is F[C@H]1CCN(c2cc(C(F)(F)F)c(N[C@H]3C[C@@H]4CN(CC5CCOCC5)C[C@@H]4C3)nn2)C1. The summed E-state index contributed by atoms with van der Waals surface area (Å²) >= 11 is 0. The maximum absolute atomic E-state index is 13.8. The fraction of sp³-hybridized carbons (Fsp3) is 0.818. The summed E-state index contributed by atoms with van der Waals surface area (Å²) in [5.74, 6) is 1.61. The van der Waals surface area contributed by atoms with Crippen LogP contribution in [-0.2, 0) is 10.9 Å². The number of alkyl halides is 4. The number of aromatic nitrogens is 2. The maximum Gasteiger partial charge on any atom is 0.420 e. The summed E-state index contributed by atoms with van der Waals surface area (Å²) in [7, 11) is 0. The lowest BCUT2D eigenvalue weighted by Crippen LogP contribution is -2.32. The second kappa shape index (κ2) is 8.93. The van der Waals surface area contributed by atoms with E-state index in [0.29, 0.717) is 30.7 Å². The van der Waals surface area contributed by atoms with Crippen molar-refractivity contribution < 1.29 is 22.3 Å². The van der Waals surface area contributed by atoms with Crippen LogP contribution < -0.4 is 10.2 Å². The topological polar surface area (TPSA) is 53.5 Å². The standard InChI is InChI=1S/C22H31F4N5O/c23-17-1-4-31(13-17)20-9-19(22(24,25)26)21(29-28-20)27-18-7-15-11-30(12-16(15)8-18)10-14-2-5-32-6-3-14/h9,14-18H,1-8,10-13H2,(H,27,29)/t15-,16+,17-,18+/m0/s1. The Labute approximate surface area is 185 Å². The number of ether oxygens (including phenoxy) is 1. The van der Waals surface area contributed by atoms with E-state index in [1.54, 1.807) is 0 Å². The van der Waals surface area contributed by atoms with Gasteiger partial charge in [-0.25, -0.2) is 4.39 Å². The molecule has 4 heterocycles. The van der Waals surface area contributed by atoms with Gasteiger partial charge in [-0.3, -0.25) is 0 Å². The normalized spacial score (nSPS) is 31.9. The van der Waals surface area contributed by atoms with E-state index in [1.165, 1.54) is 4.90 Å². The second-order valence-electron chi connectivity index (χ2n) is 9.90. The number of hydrogen-bond donors (Lipinski definition) is 1. The van der Waals surface area contributed by atoms with Crippen LogP contribution in [0.15, 0.2) is 6.07 Å². The first-order chi connectivity index (χ1) is 15.3. The average Bonchev–Trinajstić information content (AvgIpc) is 3.43. The van der Waals surface area contributed by atoms with E-state index in [4.69, 9.17) is 4.74 Å². The first-order valence-electron chi connectivity index (χ1n) is 11.8. The van der Waals surface area contributed by atoms with E-state index in [-0.39, 0.29) is 24.2 Å². The van der Waals surface area contributed by atoms with Crippen molar-refractivity contribution in [1.82, 2.24) is 15.1 Å². The van der Waals surface area contributed by atoms with Crippen molar-refractivity contribution in [1.29, 1.82) is 0 Å². The number of hydrogen-bond acceptors (Lipinski definition) is 6. The molecule has 10 heteroatoms. The van der Waals surface area contributed by atoms with Gasteiger partial charge < -0.3 is 19.9 Å². The summed E-state index contributed by atoms with van der Waals surface area (Å²) in [6, 6.07) is 0.983. The Kier molecular flexibility index (Phi) is 6.17. The Morgan fingerprint density at radius 2 is 1.75 bits per heavy atom. The summed E-state index contributed by atoms with van der Waals surface area (Å²) in [6.45, 7) is 5.28. The van der Waals surface area contributed by atoms with Crippen molar-refractivity contribution in [3.05, 3.63) is 11.6 Å². The molecule has 0 aromatic carbocycles. The van der Waals surface area contributed by atoms with Crippen LogP contribution in [0.1, 0.15) is 37.7 Å². The largest absolute Gasteiger partial charge is 0.420 e. The van der Waals surface area contributed by atoms with Gasteiger partial charge in [0.25, 0.3) is 0 Å². The molecule has 4 atom stereocenters. The minimum Gasteiger partial charge on any atom is -0.381 e. The quantitative estimate of drug-likeness (QED) is 0.682. The van der Waals surface area contributed by atoms with Crippen LogP contribution in [0.5, 0.6) is 0 Å². The Morgan fingerprint density at radius 3 is 2.38 bits per heavy atom. The smallest absolute Gasteiger partial charge is 0.381 e. The van der Waals surface area contributed by atoms with Crippen LogP contribution in [0, 0.1) is 17.8 Å². The van der Waals surface area contributed by atoms with E-state index in [9.17, 15) is 17.6 Å². The number of likely N-dealkylation sites (tertiary alicyclic amines) is 1. The Hall–Kier alpha value is -1.68. The lowest BCUT2D eigenvalue weighted by atomic mass is 10.00. The fourth-order valence-electron chi connectivity index (χ4n) is 5.94. The molecule has 178 valence electrons. The third kappa shape index (κ3) is 4.81. The highest BCUT2D eigenvalue weighted by Gasteiger charge is 2.43. The monoisotopic (exact) mass is 457 g/mol. The van der Waals surface area contributed by atoms with Crippen LogP contribution in [0.25, 0.3) is 0 Å². The summed E-state index contributed by atoms with van der Waals surface area (Å²) in [4.78, 5) is 4.06. The molecule has 3 aliphatic heterocycles. The van der Waals surface area contributed by atoms with Crippen molar-refractivity contribution in [2.45, 2.75) is 50.5 Å². The lowest BCUT2D eigenvalue weighted by molar-refractivity contribution is -0.137. The molecule has 6 nitrogen and oxygen atoms in total. The molecule has 1 saturated carbocycles. The molecule has 4 aliphatic rings. The highest BCUT2D eigenvalue weighted by molar-refractivity contribution is 5.53. The zero-order valence-electron chi connectivity index (χ0n) is 18.2. The minimum absolute atomic E-state index is 0.0292. The molecule has 32 heavy (non-hydrogen) atoms. The molecule has 1 aromatic heterocycles. The van der Waals surface area contributed by atoms with Gasteiger partial charge in [-0.05, 0) is 55.9 Å². The minimum atomic E-state index is -4.54. The molecule has 5 rings (SSSR count). The first kappa shape index (κ1) is 22.1. The van der Waals surface area contributed by atoms with Gasteiger partial charge >= 0.3 is 6.18 Å².